The maximum Gasteiger partial charge on any atom is 0.162 e. The summed E-state index contributed by atoms with van der Waals surface area (Å²) in [7, 11) is 0. The van der Waals surface area contributed by atoms with E-state index in [1.54, 1.807) is 6.07 Å². The van der Waals surface area contributed by atoms with Crippen molar-refractivity contribution in [2.45, 2.75) is 26.3 Å². The summed E-state index contributed by atoms with van der Waals surface area (Å²) in [5.41, 5.74) is 0.843. The molecule has 1 aromatic rings. The normalized spacial score (nSPS) is 18.7. The fraction of sp³-hybridized carbons (Fsp3) is 0.600. The Morgan fingerprint density at radius 1 is 1.21 bits per heavy atom. The molecule has 0 aromatic heterocycles. The number of benzene rings is 1. The van der Waals surface area contributed by atoms with E-state index >= 15 is 0 Å². The van der Waals surface area contributed by atoms with Crippen LogP contribution in [0.4, 0.5) is 0 Å². The van der Waals surface area contributed by atoms with Crippen molar-refractivity contribution in [1.29, 1.82) is 0 Å². The Labute approximate surface area is 115 Å². The van der Waals surface area contributed by atoms with Gasteiger partial charge in [-0.1, -0.05) is 26.0 Å². The van der Waals surface area contributed by atoms with Crippen LogP contribution < -0.4 is 5.32 Å². The highest BCUT2D eigenvalue weighted by molar-refractivity contribution is 5.46. The molecule has 3 N–H and O–H groups in total. The number of phenols is 2. The SMILES string of the molecule is CC(C)C[C@@H](c1cccc(O)c1O)N1CCNCC1. The maximum absolute atomic E-state index is 10.1. The summed E-state index contributed by atoms with van der Waals surface area (Å²) >= 11 is 0. The predicted octanol–water partition coefficient (Wildman–Crippen LogP) is 2.09. The zero-order valence-electron chi connectivity index (χ0n) is 11.8. The molecule has 4 nitrogen and oxygen atoms in total. The lowest BCUT2D eigenvalue weighted by Gasteiger charge is -2.36. The molecule has 1 aliphatic rings. The third kappa shape index (κ3) is 3.39. The maximum atomic E-state index is 10.1. The second kappa shape index (κ2) is 6.26. The molecule has 0 saturated carbocycles. The van der Waals surface area contributed by atoms with E-state index in [0.717, 1.165) is 38.2 Å². The molecule has 0 aliphatic carbocycles. The fourth-order valence-electron chi connectivity index (χ4n) is 2.73. The summed E-state index contributed by atoms with van der Waals surface area (Å²) in [6.45, 7) is 8.30. The summed E-state index contributed by atoms with van der Waals surface area (Å²) in [5, 5.41) is 23.2. The van der Waals surface area contributed by atoms with Crippen molar-refractivity contribution in [3.63, 3.8) is 0 Å². The van der Waals surface area contributed by atoms with E-state index in [1.165, 1.54) is 6.07 Å². The zero-order valence-corrected chi connectivity index (χ0v) is 11.8. The van der Waals surface area contributed by atoms with Crippen molar-refractivity contribution < 1.29 is 10.2 Å². The molecule has 1 atom stereocenters. The third-order valence-corrected chi connectivity index (χ3v) is 3.69. The highest BCUT2D eigenvalue weighted by Gasteiger charge is 2.26. The Kier molecular flexibility index (Phi) is 4.66. The minimum absolute atomic E-state index is 0.0265. The molecule has 1 saturated heterocycles. The van der Waals surface area contributed by atoms with E-state index in [9.17, 15) is 10.2 Å². The number of aromatic hydroxyl groups is 2. The molecule has 2 rings (SSSR count). The van der Waals surface area contributed by atoms with Crippen molar-refractivity contribution in [2.24, 2.45) is 5.92 Å². The Morgan fingerprint density at radius 2 is 1.89 bits per heavy atom. The average molecular weight is 264 g/mol. The van der Waals surface area contributed by atoms with Crippen LogP contribution in [-0.2, 0) is 0 Å². The number of hydrogen-bond acceptors (Lipinski definition) is 4. The molecule has 106 valence electrons. The number of nitrogens with one attached hydrogen (secondary N) is 1. The largest absolute Gasteiger partial charge is 0.504 e. The van der Waals surface area contributed by atoms with Crippen LogP contribution in [0, 0.1) is 5.92 Å². The summed E-state index contributed by atoms with van der Waals surface area (Å²) in [6, 6.07) is 5.43. The molecule has 1 heterocycles. The van der Waals surface area contributed by atoms with Crippen LogP contribution in [0.25, 0.3) is 0 Å². The number of rotatable bonds is 4. The second-order valence-corrected chi connectivity index (χ2v) is 5.65. The van der Waals surface area contributed by atoms with Gasteiger partial charge in [-0.05, 0) is 18.4 Å². The summed E-state index contributed by atoms with van der Waals surface area (Å²) in [5.74, 6) is 0.551. The van der Waals surface area contributed by atoms with E-state index in [4.69, 9.17) is 0 Å². The van der Waals surface area contributed by atoms with E-state index in [0.29, 0.717) is 5.92 Å². The van der Waals surface area contributed by atoms with Crippen LogP contribution in [0.2, 0.25) is 0 Å². The van der Waals surface area contributed by atoms with Crippen LogP contribution in [0.15, 0.2) is 18.2 Å². The fourth-order valence-corrected chi connectivity index (χ4v) is 2.73. The Hall–Kier alpha value is -1.26. The van der Waals surface area contributed by atoms with Crippen molar-refractivity contribution >= 4 is 0 Å². The molecule has 19 heavy (non-hydrogen) atoms. The van der Waals surface area contributed by atoms with Gasteiger partial charge in [0.2, 0.25) is 0 Å². The van der Waals surface area contributed by atoms with Gasteiger partial charge in [-0.3, -0.25) is 4.90 Å². The molecular formula is C15H24N2O2. The highest BCUT2D eigenvalue weighted by Crippen LogP contribution is 2.38. The first-order valence-electron chi connectivity index (χ1n) is 7.05. The number of nitrogens with zero attached hydrogens (tertiary/aromatic N) is 1. The van der Waals surface area contributed by atoms with Gasteiger partial charge >= 0.3 is 0 Å². The van der Waals surface area contributed by atoms with Gasteiger partial charge in [-0.15, -0.1) is 0 Å². The Bertz CT molecular complexity index is 415. The predicted molar refractivity (Wildman–Crippen MR) is 76.4 cm³/mol. The second-order valence-electron chi connectivity index (χ2n) is 5.65. The molecule has 0 bridgehead atoms. The molecule has 0 amide bonds. The smallest absolute Gasteiger partial charge is 0.162 e. The van der Waals surface area contributed by atoms with Gasteiger partial charge < -0.3 is 15.5 Å². The first kappa shape index (κ1) is 14.2. The Balaban J connectivity index is 2.27. The van der Waals surface area contributed by atoms with E-state index < -0.39 is 0 Å². The number of piperazine rings is 1. The summed E-state index contributed by atoms with van der Waals surface area (Å²) < 4.78 is 0. The summed E-state index contributed by atoms with van der Waals surface area (Å²) in [6.07, 6.45) is 0.983. The van der Waals surface area contributed by atoms with Crippen LogP contribution >= 0.6 is 0 Å². The van der Waals surface area contributed by atoms with Gasteiger partial charge in [-0.2, -0.15) is 0 Å². The van der Waals surface area contributed by atoms with Crippen molar-refractivity contribution in [1.82, 2.24) is 10.2 Å². The van der Waals surface area contributed by atoms with Gasteiger partial charge in [0.1, 0.15) is 0 Å². The molecule has 1 aromatic carbocycles. The van der Waals surface area contributed by atoms with Gasteiger partial charge in [-0.25, -0.2) is 0 Å². The van der Waals surface area contributed by atoms with Gasteiger partial charge in [0.25, 0.3) is 0 Å². The first-order valence-corrected chi connectivity index (χ1v) is 7.05. The van der Waals surface area contributed by atoms with E-state index in [2.05, 4.69) is 24.1 Å². The molecule has 0 unspecified atom stereocenters. The van der Waals surface area contributed by atoms with E-state index in [1.807, 2.05) is 6.07 Å². The molecule has 0 radical (unpaired) electrons. The lowest BCUT2D eigenvalue weighted by molar-refractivity contribution is 0.151. The lowest BCUT2D eigenvalue weighted by atomic mass is 9.94. The van der Waals surface area contributed by atoms with Gasteiger partial charge in [0.05, 0.1) is 0 Å². The quantitative estimate of drug-likeness (QED) is 0.729. The zero-order chi connectivity index (χ0) is 13.8. The average Bonchev–Trinajstić information content (AvgIpc) is 2.40. The molecular weight excluding hydrogens is 240 g/mol. The number of para-hydroxylation sites is 1. The first-order chi connectivity index (χ1) is 9.09. The standard InChI is InChI=1S/C15H24N2O2/c1-11(2)10-13(17-8-6-16-7-9-17)12-4-3-5-14(18)15(12)19/h3-5,11,13,16,18-19H,6-10H2,1-2H3/t13-/m0/s1. The van der Waals surface area contributed by atoms with Crippen LogP contribution in [-0.4, -0.2) is 41.3 Å². The molecule has 4 heteroatoms. The van der Waals surface area contributed by atoms with Crippen molar-refractivity contribution in [3.05, 3.63) is 23.8 Å². The van der Waals surface area contributed by atoms with E-state index in [-0.39, 0.29) is 17.5 Å². The van der Waals surface area contributed by atoms with Crippen molar-refractivity contribution in [2.75, 3.05) is 26.2 Å². The molecule has 1 fully saturated rings. The number of phenolic OH excluding ortho intramolecular Hbond substituents is 2. The lowest BCUT2D eigenvalue weighted by Crippen LogP contribution is -2.45. The van der Waals surface area contributed by atoms with Gasteiger partial charge in [0.15, 0.2) is 11.5 Å². The van der Waals surface area contributed by atoms with Crippen LogP contribution in [0.3, 0.4) is 0 Å². The van der Waals surface area contributed by atoms with Crippen LogP contribution in [0.1, 0.15) is 31.9 Å². The third-order valence-electron chi connectivity index (χ3n) is 3.69. The Morgan fingerprint density at radius 3 is 2.53 bits per heavy atom. The van der Waals surface area contributed by atoms with Crippen LogP contribution in [0.5, 0.6) is 11.5 Å². The molecule has 0 spiro atoms. The summed E-state index contributed by atoms with van der Waals surface area (Å²) in [4.78, 5) is 2.39. The minimum Gasteiger partial charge on any atom is -0.504 e. The van der Waals surface area contributed by atoms with Crippen molar-refractivity contribution in [3.8, 4) is 11.5 Å². The topological polar surface area (TPSA) is 55.7 Å². The monoisotopic (exact) mass is 264 g/mol. The van der Waals surface area contributed by atoms with Gasteiger partial charge in [0, 0.05) is 37.8 Å². The highest BCUT2D eigenvalue weighted by atomic mass is 16.3. The molecule has 1 aliphatic heterocycles. The number of hydrogen-bond donors (Lipinski definition) is 3. The minimum atomic E-state index is -0.0265.